The van der Waals surface area contributed by atoms with Gasteiger partial charge in [0, 0.05) is 18.5 Å². The fourth-order valence-electron chi connectivity index (χ4n) is 1.78. The van der Waals surface area contributed by atoms with Crippen LogP contribution in [0.3, 0.4) is 0 Å². The predicted molar refractivity (Wildman–Crippen MR) is 75.2 cm³/mol. The van der Waals surface area contributed by atoms with Crippen LogP contribution in [-0.4, -0.2) is 21.9 Å². The normalized spacial score (nSPS) is 11.9. The van der Waals surface area contributed by atoms with Crippen molar-refractivity contribution in [3.05, 3.63) is 57.3 Å². The molecule has 2 aromatic rings. The van der Waals surface area contributed by atoms with Crippen molar-refractivity contribution in [1.82, 2.24) is 10.3 Å². The number of hydrogen-bond donors (Lipinski definition) is 1. The third kappa shape index (κ3) is 3.79. The monoisotopic (exact) mass is 309 g/mol. The van der Waals surface area contributed by atoms with E-state index in [2.05, 4.69) is 10.3 Å². The zero-order valence-corrected chi connectivity index (χ0v) is 11.8. The third-order valence-electron chi connectivity index (χ3n) is 2.75. The number of pyridine rings is 1. The average molecular weight is 310 g/mol. The molecular formula is C13H12ClN3O4. The van der Waals surface area contributed by atoms with Crippen molar-refractivity contribution in [2.75, 3.05) is 0 Å². The Balaban J connectivity index is 2.09. The number of rotatable bonds is 5. The maximum Gasteiger partial charge on any atom is 0.288 e. The van der Waals surface area contributed by atoms with Gasteiger partial charge in [-0.05, 0) is 19.1 Å². The summed E-state index contributed by atoms with van der Waals surface area (Å²) in [5.41, 5.74) is -0.319. The second-order valence-corrected chi connectivity index (χ2v) is 4.81. The molecule has 0 aliphatic rings. The van der Waals surface area contributed by atoms with Gasteiger partial charge in [0.25, 0.3) is 11.6 Å². The summed E-state index contributed by atoms with van der Waals surface area (Å²) >= 11 is 5.81. The van der Waals surface area contributed by atoms with Crippen LogP contribution in [-0.2, 0) is 6.42 Å². The Bertz CT molecular complexity index is 657. The number of furan rings is 1. The van der Waals surface area contributed by atoms with Crippen LogP contribution in [0.5, 0.6) is 0 Å². The standard InChI is InChI=1S/C13H12ClN3O4/c1-8(5-10-3-2-4-21-10)16-13(18)11-6-9(17(19)20)7-15-12(11)14/h2-4,6-8H,5H2,1H3,(H,16,18). The van der Waals surface area contributed by atoms with Gasteiger partial charge in [-0.2, -0.15) is 0 Å². The first-order chi connectivity index (χ1) is 9.97. The number of nitrogens with zero attached hydrogens (tertiary/aromatic N) is 2. The van der Waals surface area contributed by atoms with E-state index in [1.807, 2.05) is 0 Å². The highest BCUT2D eigenvalue weighted by Crippen LogP contribution is 2.19. The first-order valence-corrected chi connectivity index (χ1v) is 6.48. The quantitative estimate of drug-likeness (QED) is 0.520. The maximum absolute atomic E-state index is 12.1. The highest BCUT2D eigenvalue weighted by molar-refractivity contribution is 6.32. The second-order valence-electron chi connectivity index (χ2n) is 4.45. The molecule has 8 heteroatoms. The Morgan fingerprint density at radius 2 is 2.38 bits per heavy atom. The third-order valence-corrected chi connectivity index (χ3v) is 3.05. The molecule has 0 fully saturated rings. The number of halogens is 1. The van der Waals surface area contributed by atoms with Crippen LogP contribution < -0.4 is 5.32 Å². The molecule has 1 amide bonds. The molecule has 0 saturated heterocycles. The van der Waals surface area contributed by atoms with Gasteiger partial charge in [0.2, 0.25) is 0 Å². The molecule has 2 heterocycles. The molecule has 0 aliphatic carbocycles. The molecule has 0 spiro atoms. The lowest BCUT2D eigenvalue weighted by atomic mass is 10.1. The summed E-state index contributed by atoms with van der Waals surface area (Å²) in [6.07, 6.45) is 3.05. The Hall–Kier alpha value is -2.41. The van der Waals surface area contributed by atoms with Crippen molar-refractivity contribution >= 4 is 23.2 Å². The molecule has 0 aliphatic heterocycles. The number of nitrogens with one attached hydrogen (secondary N) is 1. The van der Waals surface area contributed by atoms with Crippen LogP contribution in [0.1, 0.15) is 23.0 Å². The fraction of sp³-hybridized carbons (Fsp3) is 0.231. The van der Waals surface area contributed by atoms with Crippen molar-refractivity contribution < 1.29 is 14.1 Å². The Morgan fingerprint density at radius 3 is 3.00 bits per heavy atom. The summed E-state index contributed by atoms with van der Waals surface area (Å²) in [6.45, 7) is 1.79. The summed E-state index contributed by atoms with van der Waals surface area (Å²) in [4.78, 5) is 25.8. The molecular weight excluding hydrogens is 298 g/mol. The molecule has 0 radical (unpaired) electrons. The van der Waals surface area contributed by atoms with Crippen molar-refractivity contribution in [2.45, 2.75) is 19.4 Å². The van der Waals surface area contributed by atoms with Gasteiger partial charge >= 0.3 is 0 Å². The van der Waals surface area contributed by atoms with Gasteiger partial charge in [0.15, 0.2) is 0 Å². The number of carbonyl (C=O) groups excluding carboxylic acids is 1. The van der Waals surface area contributed by atoms with E-state index >= 15 is 0 Å². The topological polar surface area (TPSA) is 98.3 Å². The predicted octanol–water partition coefficient (Wildman–Crippen LogP) is 2.60. The van der Waals surface area contributed by atoms with Crippen LogP contribution in [0.4, 0.5) is 5.69 Å². The van der Waals surface area contributed by atoms with Gasteiger partial charge in [-0.1, -0.05) is 11.6 Å². The van der Waals surface area contributed by atoms with Crippen molar-refractivity contribution in [2.24, 2.45) is 0 Å². The lowest BCUT2D eigenvalue weighted by Gasteiger charge is -2.12. The number of amides is 1. The molecule has 110 valence electrons. The fourth-order valence-corrected chi connectivity index (χ4v) is 1.97. The molecule has 2 rings (SSSR count). The van der Waals surface area contributed by atoms with Crippen LogP contribution in [0, 0.1) is 10.1 Å². The average Bonchev–Trinajstić information content (AvgIpc) is 2.91. The van der Waals surface area contributed by atoms with Gasteiger partial charge < -0.3 is 9.73 Å². The van der Waals surface area contributed by atoms with Gasteiger partial charge in [-0.3, -0.25) is 14.9 Å². The van der Waals surface area contributed by atoms with Crippen LogP contribution in [0.2, 0.25) is 5.15 Å². The van der Waals surface area contributed by atoms with E-state index in [1.165, 1.54) is 0 Å². The number of aromatic nitrogens is 1. The summed E-state index contributed by atoms with van der Waals surface area (Å²) in [5, 5.41) is 13.3. The first kappa shape index (κ1) is 15.0. The van der Waals surface area contributed by atoms with Crippen LogP contribution in [0.25, 0.3) is 0 Å². The smallest absolute Gasteiger partial charge is 0.288 e. The summed E-state index contributed by atoms with van der Waals surface area (Å²) in [6, 6.07) is 4.43. The van der Waals surface area contributed by atoms with Gasteiger partial charge in [0.1, 0.15) is 17.1 Å². The zero-order valence-electron chi connectivity index (χ0n) is 11.1. The highest BCUT2D eigenvalue weighted by atomic mass is 35.5. The maximum atomic E-state index is 12.1. The molecule has 0 aromatic carbocycles. The number of carbonyl (C=O) groups is 1. The van der Waals surface area contributed by atoms with Gasteiger partial charge in [0.05, 0.1) is 16.7 Å². The van der Waals surface area contributed by atoms with E-state index in [0.717, 1.165) is 18.0 Å². The zero-order chi connectivity index (χ0) is 15.4. The minimum Gasteiger partial charge on any atom is -0.469 e. The minimum atomic E-state index is -0.633. The minimum absolute atomic E-state index is 0.0304. The van der Waals surface area contributed by atoms with Crippen molar-refractivity contribution in [1.29, 1.82) is 0 Å². The molecule has 0 saturated carbocycles. The highest BCUT2D eigenvalue weighted by Gasteiger charge is 2.19. The molecule has 7 nitrogen and oxygen atoms in total. The SMILES string of the molecule is CC(Cc1ccco1)NC(=O)c1cc([N+](=O)[O-])cnc1Cl. The summed E-state index contributed by atoms with van der Waals surface area (Å²) < 4.78 is 5.19. The molecule has 1 atom stereocenters. The van der Waals surface area contributed by atoms with E-state index in [9.17, 15) is 14.9 Å². The van der Waals surface area contributed by atoms with Crippen LogP contribution in [0.15, 0.2) is 35.1 Å². The lowest BCUT2D eigenvalue weighted by molar-refractivity contribution is -0.385. The van der Waals surface area contributed by atoms with E-state index in [0.29, 0.717) is 6.42 Å². The van der Waals surface area contributed by atoms with E-state index in [4.69, 9.17) is 16.0 Å². The Kier molecular flexibility index (Phi) is 4.54. The Morgan fingerprint density at radius 1 is 1.62 bits per heavy atom. The summed E-state index contributed by atoms with van der Waals surface area (Å²) in [5.74, 6) is 0.210. The van der Waals surface area contributed by atoms with E-state index in [1.54, 1.807) is 25.3 Å². The lowest BCUT2D eigenvalue weighted by Crippen LogP contribution is -2.34. The van der Waals surface area contributed by atoms with Crippen LogP contribution >= 0.6 is 11.6 Å². The van der Waals surface area contributed by atoms with Gasteiger partial charge in [-0.15, -0.1) is 0 Å². The van der Waals surface area contributed by atoms with E-state index in [-0.39, 0.29) is 22.4 Å². The molecule has 1 N–H and O–H groups in total. The van der Waals surface area contributed by atoms with Gasteiger partial charge in [-0.25, -0.2) is 4.98 Å². The second kappa shape index (κ2) is 6.36. The number of hydrogen-bond acceptors (Lipinski definition) is 5. The molecule has 2 aromatic heterocycles. The molecule has 0 bridgehead atoms. The molecule has 1 unspecified atom stereocenters. The number of nitro groups is 1. The largest absolute Gasteiger partial charge is 0.469 e. The summed E-state index contributed by atoms with van der Waals surface area (Å²) in [7, 11) is 0. The molecule has 21 heavy (non-hydrogen) atoms. The Labute approximate surface area is 125 Å². The van der Waals surface area contributed by atoms with Crippen molar-refractivity contribution in [3.63, 3.8) is 0 Å². The first-order valence-electron chi connectivity index (χ1n) is 6.10. The van der Waals surface area contributed by atoms with E-state index < -0.39 is 10.8 Å². The van der Waals surface area contributed by atoms with Crippen molar-refractivity contribution in [3.8, 4) is 0 Å².